The average molecular weight is 370 g/mol. The molecule has 2 aromatic rings. The highest BCUT2D eigenvalue weighted by Gasteiger charge is 2.44. The highest BCUT2D eigenvalue weighted by atomic mass is 19.4. The normalized spacial score (nSPS) is 13.6. The number of carbonyl (C=O) groups is 2. The lowest BCUT2D eigenvalue weighted by atomic mass is 9.99. The molecule has 0 fully saturated rings. The molecule has 0 heterocycles. The van der Waals surface area contributed by atoms with Gasteiger partial charge in [0.25, 0.3) is 0 Å². The molecule has 0 N–H and O–H groups in total. The first kappa shape index (κ1) is 19.4. The second-order valence-electron chi connectivity index (χ2n) is 5.30. The fourth-order valence-electron chi connectivity index (χ4n) is 2.18. The summed E-state index contributed by atoms with van der Waals surface area (Å²) in [4.78, 5) is 22.1. The molecule has 0 bridgehead atoms. The maximum Gasteiger partial charge on any atom is 0.490 e. The SMILES string of the molecule is CC(=O)Oc1ccc([C@@H](F)[C@H](OC(=O)C(F)(F)F)c2ccccc2)cc1. The molecule has 2 aromatic carbocycles. The first-order chi connectivity index (χ1) is 12.2. The van der Waals surface area contributed by atoms with Crippen molar-refractivity contribution in [3.63, 3.8) is 0 Å². The van der Waals surface area contributed by atoms with Gasteiger partial charge in [-0.2, -0.15) is 13.2 Å². The van der Waals surface area contributed by atoms with E-state index in [1.807, 2.05) is 0 Å². The number of benzene rings is 2. The predicted molar refractivity (Wildman–Crippen MR) is 82.9 cm³/mol. The Morgan fingerprint density at radius 2 is 1.50 bits per heavy atom. The van der Waals surface area contributed by atoms with Gasteiger partial charge in [0.15, 0.2) is 12.3 Å². The van der Waals surface area contributed by atoms with Crippen molar-refractivity contribution >= 4 is 11.9 Å². The third kappa shape index (κ3) is 5.05. The van der Waals surface area contributed by atoms with E-state index in [0.717, 1.165) is 0 Å². The van der Waals surface area contributed by atoms with Gasteiger partial charge in [0.1, 0.15) is 5.75 Å². The van der Waals surface area contributed by atoms with Crippen molar-refractivity contribution in [3.05, 3.63) is 65.7 Å². The van der Waals surface area contributed by atoms with Gasteiger partial charge in [0.2, 0.25) is 0 Å². The number of hydrogen-bond donors (Lipinski definition) is 0. The van der Waals surface area contributed by atoms with Gasteiger partial charge in [-0.25, -0.2) is 9.18 Å². The zero-order valence-corrected chi connectivity index (χ0v) is 13.5. The lowest BCUT2D eigenvalue weighted by Gasteiger charge is -2.23. The van der Waals surface area contributed by atoms with E-state index in [-0.39, 0.29) is 16.9 Å². The number of ether oxygens (including phenoxy) is 2. The van der Waals surface area contributed by atoms with Gasteiger partial charge in [-0.1, -0.05) is 42.5 Å². The van der Waals surface area contributed by atoms with E-state index in [1.54, 1.807) is 6.07 Å². The molecule has 26 heavy (non-hydrogen) atoms. The molecule has 0 saturated heterocycles. The Morgan fingerprint density at radius 3 is 2.00 bits per heavy atom. The van der Waals surface area contributed by atoms with Gasteiger partial charge < -0.3 is 9.47 Å². The quantitative estimate of drug-likeness (QED) is 0.443. The third-order valence-corrected chi connectivity index (χ3v) is 3.32. The van der Waals surface area contributed by atoms with Crippen LogP contribution in [0.4, 0.5) is 17.6 Å². The Kier molecular flexibility index (Phi) is 5.97. The molecule has 0 saturated carbocycles. The number of carbonyl (C=O) groups excluding carboxylic acids is 2. The highest BCUT2D eigenvalue weighted by Crippen LogP contribution is 2.37. The lowest BCUT2D eigenvalue weighted by Crippen LogP contribution is -2.28. The monoisotopic (exact) mass is 370 g/mol. The Bertz CT molecular complexity index is 757. The molecule has 2 atom stereocenters. The third-order valence-electron chi connectivity index (χ3n) is 3.32. The van der Waals surface area contributed by atoms with Crippen LogP contribution in [0.1, 0.15) is 30.3 Å². The van der Waals surface area contributed by atoms with Crippen LogP contribution in [0.25, 0.3) is 0 Å². The van der Waals surface area contributed by atoms with Crippen LogP contribution in [0.5, 0.6) is 5.75 Å². The van der Waals surface area contributed by atoms with Gasteiger partial charge in [0, 0.05) is 6.92 Å². The van der Waals surface area contributed by atoms with Crippen LogP contribution in [-0.2, 0) is 14.3 Å². The average Bonchev–Trinajstić information content (AvgIpc) is 2.59. The number of esters is 2. The summed E-state index contributed by atoms with van der Waals surface area (Å²) >= 11 is 0. The minimum Gasteiger partial charge on any atom is -0.447 e. The fraction of sp³-hybridized carbons (Fsp3) is 0.222. The summed E-state index contributed by atoms with van der Waals surface area (Å²) in [6, 6.07) is 12.3. The van der Waals surface area contributed by atoms with Gasteiger partial charge in [0.05, 0.1) is 0 Å². The number of alkyl halides is 4. The van der Waals surface area contributed by atoms with Crippen LogP contribution in [0.2, 0.25) is 0 Å². The van der Waals surface area contributed by atoms with Crippen molar-refractivity contribution in [2.75, 3.05) is 0 Å². The first-order valence-corrected chi connectivity index (χ1v) is 7.43. The van der Waals surface area contributed by atoms with E-state index < -0.39 is 30.4 Å². The van der Waals surface area contributed by atoms with Crippen LogP contribution in [0, 0.1) is 0 Å². The highest BCUT2D eigenvalue weighted by molar-refractivity contribution is 5.76. The van der Waals surface area contributed by atoms with Crippen LogP contribution >= 0.6 is 0 Å². The van der Waals surface area contributed by atoms with Crippen LogP contribution in [0.15, 0.2) is 54.6 Å². The summed E-state index contributed by atoms with van der Waals surface area (Å²) < 4.78 is 61.6. The summed E-state index contributed by atoms with van der Waals surface area (Å²) in [5, 5.41) is 0. The molecular weight excluding hydrogens is 356 g/mol. The molecule has 0 aliphatic rings. The molecule has 0 aromatic heterocycles. The molecule has 0 aliphatic carbocycles. The van der Waals surface area contributed by atoms with Crippen molar-refractivity contribution in [1.29, 1.82) is 0 Å². The summed E-state index contributed by atoms with van der Waals surface area (Å²) in [6.07, 6.45) is -9.09. The molecular formula is C18H14F4O4. The molecule has 0 aliphatic heterocycles. The summed E-state index contributed by atoms with van der Waals surface area (Å²) in [5.74, 6) is -2.90. The van der Waals surface area contributed by atoms with Gasteiger partial charge in [-0.05, 0) is 23.3 Å². The summed E-state index contributed by atoms with van der Waals surface area (Å²) in [7, 11) is 0. The van der Waals surface area contributed by atoms with Gasteiger partial charge in [-0.15, -0.1) is 0 Å². The van der Waals surface area contributed by atoms with E-state index in [1.165, 1.54) is 55.5 Å². The van der Waals surface area contributed by atoms with Crippen molar-refractivity contribution in [1.82, 2.24) is 0 Å². The maximum atomic E-state index is 14.9. The van der Waals surface area contributed by atoms with E-state index in [0.29, 0.717) is 0 Å². The van der Waals surface area contributed by atoms with E-state index in [2.05, 4.69) is 4.74 Å². The minimum absolute atomic E-state index is 0.0373. The van der Waals surface area contributed by atoms with E-state index in [4.69, 9.17) is 4.74 Å². The standard InChI is InChI=1S/C18H14F4O4/c1-11(23)25-14-9-7-12(8-10-14)15(19)16(13-5-3-2-4-6-13)26-17(24)18(20,21)22/h2-10,15-16H,1H3/t15-,16-/m1/s1. The van der Waals surface area contributed by atoms with Crippen molar-refractivity contribution in [2.45, 2.75) is 25.4 Å². The Balaban J connectivity index is 2.29. The van der Waals surface area contributed by atoms with Crippen molar-refractivity contribution in [3.8, 4) is 5.75 Å². The molecule has 2 rings (SSSR count). The zero-order valence-electron chi connectivity index (χ0n) is 13.5. The lowest BCUT2D eigenvalue weighted by molar-refractivity contribution is -0.208. The first-order valence-electron chi connectivity index (χ1n) is 7.43. The van der Waals surface area contributed by atoms with Crippen LogP contribution in [-0.4, -0.2) is 18.1 Å². The molecule has 0 spiro atoms. The number of hydrogen-bond acceptors (Lipinski definition) is 4. The maximum absolute atomic E-state index is 14.9. The van der Waals surface area contributed by atoms with Crippen LogP contribution < -0.4 is 4.74 Å². The van der Waals surface area contributed by atoms with E-state index >= 15 is 0 Å². The summed E-state index contributed by atoms with van der Waals surface area (Å²) in [6.45, 7) is 1.19. The fourth-order valence-corrected chi connectivity index (χ4v) is 2.18. The Hall–Kier alpha value is -2.90. The van der Waals surface area contributed by atoms with E-state index in [9.17, 15) is 27.2 Å². The smallest absolute Gasteiger partial charge is 0.447 e. The molecule has 8 heteroatoms. The molecule has 0 amide bonds. The second kappa shape index (κ2) is 7.99. The summed E-state index contributed by atoms with van der Waals surface area (Å²) in [5.41, 5.74) is 0.0337. The largest absolute Gasteiger partial charge is 0.490 e. The molecule has 138 valence electrons. The van der Waals surface area contributed by atoms with Gasteiger partial charge >= 0.3 is 18.1 Å². The second-order valence-corrected chi connectivity index (χ2v) is 5.30. The molecule has 0 radical (unpaired) electrons. The zero-order chi connectivity index (χ0) is 19.3. The van der Waals surface area contributed by atoms with Gasteiger partial charge in [-0.3, -0.25) is 4.79 Å². The topological polar surface area (TPSA) is 52.6 Å². The Morgan fingerprint density at radius 1 is 0.923 bits per heavy atom. The number of rotatable bonds is 5. The van der Waals surface area contributed by atoms with Crippen molar-refractivity contribution < 1.29 is 36.6 Å². The molecule has 4 nitrogen and oxygen atoms in total. The van der Waals surface area contributed by atoms with Crippen LogP contribution in [0.3, 0.4) is 0 Å². The van der Waals surface area contributed by atoms with Crippen molar-refractivity contribution in [2.24, 2.45) is 0 Å². The number of halogens is 4. The minimum atomic E-state index is -5.24. The predicted octanol–water partition coefficient (Wildman–Crippen LogP) is 4.47. The Labute approximate surface area is 146 Å². The molecule has 0 unspecified atom stereocenters.